The summed E-state index contributed by atoms with van der Waals surface area (Å²) in [4.78, 5) is 17.5. The lowest BCUT2D eigenvalue weighted by molar-refractivity contribution is 0.181. The van der Waals surface area contributed by atoms with E-state index in [9.17, 15) is 9.18 Å². The molecular weight excluding hydrogens is 411 g/mol. The Hall–Kier alpha value is -3.98. The predicted octanol–water partition coefficient (Wildman–Crippen LogP) is 3.14. The van der Waals surface area contributed by atoms with Gasteiger partial charge in [-0.3, -0.25) is 9.36 Å². The van der Waals surface area contributed by atoms with Crippen molar-refractivity contribution in [3.8, 4) is 11.1 Å². The summed E-state index contributed by atoms with van der Waals surface area (Å²) < 4.78 is 21.7. The number of nitrogens with zero attached hydrogens (tertiary/aromatic N) is 6. The van der Waals surface area contributed by atoms with Gasteiger partial charge in [0.05, 0.1) is 24.4 Å². The van der Waals surface area contributed by atoms with Crippen molar-refractivity contribution in [1.29, 1.82) is 0 Å². The molecule has 5 aromatic rings. The molecular formula is C23H19FN6O2. The molecule has 0 bridgehead atoms. The number of benzene rings is 2. The van der Waals surface area contributed by atoms with Crippen molar-refractivity contribution in [3.05, 3.63) is 87.9 Å². The highest BCUT2D eigenvalue weighted by atomic mass is 19.1. The molecule has 9 heteroatoms. The zero-order valence-corrected chi connectivity index (χ0v) is 17.5. The van der Waals surface area contributed by atoms with Gasteiger partial charge >= 0.3 is 0 Å². The van der Waals surface area contributed by atoms with E-state index in [-0.39, 0.29) is 23.5 Å². The average Bonchev–Trinajstić information content (AvgIpc) is 3.16. The van der Waals surface area contributed by atoms with Crippen molar-refractivity contribution in [2.24, 2.45) is 0 Å². The first-order chi connectivity index (χ1) is 15.5. The molecule has 0 unspecified atom stereocenters. The Balaban J connectivity index is 1.67. The minimum absolute atomic E-state index is 0.115. The summed E-state index contributed by atoms with van der Waals surface area (Å²) in [5, 5.41) is 13.0. The maximum atomic E-state index is 13.4. The topological polar surface area (TPSA) is 87.2 Å². The van der Waals surface area contributed by atoms with Crippen LogP contribution >= 0.6 is 0 Å². The van der Waals surface area contributed by atoms with Crippen LogP contribution in [0.15, 0.2) is 59.7 Å². The molecule has 32 heavy (non-hydrogen) atoms. The lowest BCUT2D eigenvalue weighted by atomic mass is 10.1. The standard InChI is InChI=1S/C23H19FN6O2/c1-14-3-5-15(6-4-14)11-29-13-25-22-20(23(29)31)26-27-21-19(16-7-9-17(24)10-8-16)18(12-32-2)28-30(21)22/h3-10,13H,11-12H2,1-2H3. The van der Waals surface area contributed by atoms with Gasteiger partial charge in [-0.15, -0.1) is 10.2 Å². The lowest BCUT2D eigenvalue weighted by Crippen LogP contribution is -2.23. The summed E-state index contributed by atoms with van der Waals surface area (Å²) in [5.74, 6) is -0.342. The predicted molar refractivity (Wildman–Crippen MR) is 117 cm³/mol. The fraction of sp³-hybridized carbons (Fsp3) is 0.174. The largest absolute Gasteiger partial charge is 0.378 e. The molecule has 0 N–H and O–H groups in total. The van der Waals surface area contributed by atoms with Crippen molar-refractivity contribution < 1.29 is 9.13 Å². The molecule has 0 amide bonds. The fourth-order valence-electron chi connectivity index (χ4n) is 3.66. The van der Waals surface area contributed by atoms with Crippen LogP contribution in [0.4, 0.5) is 4.39 Å². The SMILES string of the molecule is COCc1nn2c(nnc3c(=O)n(Cc4ccc(C)cc4)cnc32)c1-c1ccc(F)cc1. The van der Waals surface area contributed by atoms with Gasteiger partial charge in [-0.05, 0) is 30.2 Å². The van der Waals surface area contributed by atoms with Crippen LogP contribution in [0.25, 0.3) is 27.9 Å². The smallest absolute Gasteiger partial charge is 0.283 e. The number of hydrogen-bond donors (Lipinski definition) is 0. The number of aryl methyl sites for hydroxylation is 1. The zero-order chi connectivity index (χ0) is 22.2. The summed E-state index contributed by atoms with van der Waals surface area (Å²) in [6.07, 6.45) is 1.49. The van der Waals surface area contributed by atoms with E-state index in [1.807, 2.05) is 31.2 Å². The molecule has 0 saturated carbocycles. The first-order valence-electron chi connectivity index (χ1n) is 9.99. The number of aromatic nitrogens is 6. The fourth-order valence-corrected chi connectivity index (χ4v) is 3.66. The molecule has 5 rings (SSSR count). The van der Waals surface area contributed by atoms with Crippen LogP contribution in [0.2, 0.25) is 0 Å². The van der Waals surface area contributed by atoms with E-state index in [2.05, 4.69) is 20.3 Å². The van der Waals surface area contributed by atoms with E-state index in [1.54, 1.807) is 19.2 Å². The van der Waals surface area contributed by atoms with Gasteiger partial charge in [0.15, 0.2) is 16.8 Å². The molecule has 8 nitrogen and oxygen atoms in total. The Bertz CT molecular complexity index is 1490. The molecule has 160 valence electrons. The van der Waals surface area contributed by atoms with Gasteiger partial charge in [-0.2, -0.15) is 9.61 Å². The first kappa shape index (κ1) is 20.0. The second-order valence-corrected chi connectivity index (χ2v) is 7.53. The van der Waals surface area contributed by atoms with Crippen molar-refractivity contribution in [1.82, 2.24) is 29.4 Å². The van der Waals surface area contributed by atoms with Crippen LogP contribution in [0.5, 0.6) is 0 Å². The van der Waals surface area contributed by atoms with Crippen LogP contribution < -0.4 is 5.56 Å². The summed E-state index contributed by atoms with van der Waals surface area (Å²) in [5.41, 5.74) is 4.61. The second-order valence-electron chi connectivity index (χ2n) is 7.53. The first-order valence-corrected chi connectivity index (χ1v) is 9.99. The molecule has 2 aromatic carbocycles. The molecule has 0 fully saturated rings. The van der Waals surface area contributed by atoms with E-state index in [1.165, 1.54) is 27.5 Å². The van der Waals surface area contributed by atoms with E-state index in [0.29, 0.717) is 29.1 Å². The van der Waals surface area contributed by atoms with Crippen LogP contribution in [-0.2, 0) is 17.9 Å². The maximum Gasteiger partial charge on any atom is 0.283 e. The molecule has 3 heterocycles. The lowest BCUT2D eigenvalue weighted by Gasteiger charge is -2.07. The molecule has 3 aromatic heterocycles. The number of hydrogen-bond acceptors (Lipinski definition) is 6. The highest BCUT2D eigenvalue weighted by Gasteiger charge is 2.20. The Morgan fingerprint density at radius 2 is 1.75 bits per heavy atom. The Kier molecular flexibility index (Phi) is 4.95. The zero-order valence-electron chi connectivity index (χ0n) is 17.5. The summed E-state index contributed by atoms with van der Waals surface area (Å²) >= 11 is 0. The van der Waals surface area contributed by atoms with Crippen LogP contribution in [0, 0.1) is 12.7 Å². The van der Waals surface area contributed by atoms with Crippen molar-refractivity contribution in [2.75, 3.05) is 7.11 Å². The normalized spacial score (nSPS) is 11.5. The highest BCUT2D eigenvalue weighted by Crippen LogP contribution is 2.29. The van der Waals surface area contributed by atoms with Crippen LogP contribution in [-0.4, -0.2) is 36.5 Å². The highest BCUT2D eigenvalue weighted by molar-refractivity contribution is 5.83. The third kappa shape index (κ3) is 3.42. The van der Waals surface area contributed by atoms with Gasteiger partial charge in [0.1, 0.15) is 12.1 Å². The molecule has 0 atom stereocenters. The van der Waals surface area contributed by atoms with Gasteiger partial charge in [0, 0.05) is 7.11 Å². The molecule has 0 saturated heterocycles. The Morgan fingerprint density at radius 1 is 1.00 bits per heavy atom. The Labute approximate surface area is 181 Å². The van der Waals surface area contributed by atoms with E-state index < -0.39 is 0 Å². The molecule has 0 spiro atoms. The summed E-state index contributed by atoms with van der Waals surface area (Å²) in [7, 11) is 1.56. The number of ether oxygens (including phenoxy) is 1. The van der Waals surface area contributed by atoms with Crippen molar-refractivity contribution in [2.45, 2.75) is 20.1 Å². The summed E-state index contributed by atoms with van der Waals surface area (Å²) in [6.45, 7) is 2.59. The van der Waals surface area contributed by atoms with Crippen molar-refractivity contribution in [3.63, 3.8) is 0 Å². The van der Waals surface area contributed by atoms with Gasteiger partial charge in [-0.25, -0.2) is 9.37 Å². The number of halogens is 1. The van der Waals surface area contributed by atoms with Crippen LogP contribution in [0.1, 0.15) is 16.8 Å². The number of methoxy groups -OCH3 is 1. The Morgan fingerprint density at radius 3 is 2.47 bits per heavy atom. The molecule has 0 aliphatic rings. The quantitative estimate of drug-likeness (QED) is 0.426. The third-order valence-electron chi connectivity index (χ3n) is 5.26. The number of rotatable bonds is 5. The van der Waals surface area contributed by atoms with E-state index in [4.69, 9.17) is 4.74 Å². The van der Waals surface area contributed by atoms with E-state index in [0.717, 1.165) is 16.7 Å². The molecule has 0 radical (unpaired) electrons. The van der Waals surface area contributed by atoms with E-state index >= 15 is 0 Å². The summed E-state index contributed by atoms with van der Waals surface area (Å²) in [6, 6.07) is 14.0. The second kappa shape index (κ2) is 7.93. The van der Waals surface area contributed by atoms with Crippen LogP contribution in [0.3, 0.4) is 0 Å². The van der Waals surface area contributed by atoms with Crippen molar-refractivity contribution >= 4 is 16.8 Å². The van der Waals surface area contributed by atoms with Gasteiger partial charge in [0.25, 0.3) is 5.56 Å². The van der Waals surface area contributed by atoms with Gasteiger partial charge in [-0.1, -0.05) is 42.0 Å². The van der Waals surface area contributed by atoms with Gasteiger partial charge < -0.3 is 4.74 Å². The number of fused-ring (bicyclic) bond motifs is 3. The monoisotopic (exact) mass is 430 g/mol. The third-order valence-corrected chi connectivity index (χ3v) is 5.26. The van der Waals surface area contributed by atoms with Gasteiger partial charge in [0.2, 0.25) is 0 Å². The minimum atomic E-state index is -0.342. The maximum absolute atomic E-state index is 13.4. The molecule has 0 aliphatic heterocycles. The average molecular weight is 430 g/mol. The molecule has 0 aliphatic carbocycles. The minimum Gasteiger partial charge on any atom is -0.378 e.